The molecular weight excluding hydrogens is 278 g/mol. The van der Waals surface area contributed by atoms with Crippen LogP contribution in [0, 0.1) is 0 Å². The molecule has 120 valence electrons. The standard InChI is InChI=1S/C13H29N3O3S/c1-13(2)14-5-3-12-20(18,19)16-7-4-6-15(8-9-16)10-11-17/h13-14,17H,3-12H2,1-2H3. The number of β-amino-alcohol motifs (C(OH)–C–C–N with tert-alkyl or cyclic N) is 1. The van der Waals surface area contributed by atoms with Crippen molar-refractivity contribution in [1.29, 1.82) is 0 Å². The minimum absolute atomic E-state index is 0.133. The van der Waals surface area contributed by atoms with Crippen LogP contribution in [0.4, 0.5) is 0 Å². The summed E-state index contributed by atoms with van der Waals surface area (Å²) < 4.78 is 26.2. The van der Waals surface area contributed by atoms with Crippen LogP contribution in [0.5, 0.6) is 0 Å². The molecule has 2 N–H and O–H groups in total. The van der Waals surface area contributed by atoms with Crippen LogP contribution in [0.3, 0.4) is 0 Å². The summed E-state index contributed by atoms with van der Waals surface area (Å²) in [6.45, 7) is 8.33. The Balaban J connectivity index is 2.39. The van der Waals surface area contributed by atoms with Gasteiger partial charge in [-0.05, 0) is 25.9 Å². The molecule has 0 atom stereocenters. The molecule has 1 heterocycles. The monoisotopic (exact) mass is 307 g/mol. The molecule has 7 heteroatoms. The molecule has 0 saturated carbocycles. The normalized spacial score (nSPS) is 19.4. The highest BCUT2D eigenvalue weighted by Gasteiger charge is 2.24. The first kappa shape index (κ1) is 17.8. The molecule has 0 aromatic heterocycles. The second-order valence-electron chi connectivity index (χ2n) is 5.60. The van der Waals surface area contributed by atoms with E-state index in [-0.39, 0.29) is 12.4 Å². The highest BCUT2D eigenvalue weighted by atomic mass is 32.2. The Hall–Kier alpha value is -0.210. The van der Waals surface area contributed by atoms with Gasteiger partial charge in [0, 0.05) is 32.2 Å². The number of rotatable bonds is 8. The topological polar surface area (TPSA) is 72.9 Å². The van der Waals surface area contributed by atoms with Crippen LogP contribution in [-0.2, 0) is 10.0 Å². The van der Waals surface area contributed by atoms with Gasteiger partial charge in [0.05, 0.1) is 12.4 Å². The third-order valence-electron chi connectivity index (χ3n) is 3.49. The van der Waals surface area contributed by atoms with Crippen molar-refractivity contribution in [2.75, 3.05) is 51.6 Å². The van der Waals surface area contributed by atoms with Gasteiger partial charge in [-0.2, -0.15) is 0 Å². The molecule has 1 rings (SSSR count). The minimum Gasteiger partial charge on any atom is -0.395 e. The molecule has 1 aliphatic rings. The van der Waals surface area contributed by atoms with E-state index in [1.54, 1.807) is 4.31 Å². The molecule has 0 aromatic rings. The maximum absolute atomic E-state index is 12.3. The van der Waals surface area contributed by atoms with Gasteiger partial charge in [0.25, 0.3) is 0 Å². The van der Waals surface area contributed by atoms with Crippen molar-refractivity contribution in [3.63, 3.8) is 0 Å². The molecule has 0 bridgehead atoms. The summed E-state index contributed by atoms with van der Waals surface area (Å²) in [6.07, 6.45) is 1.49. The lowest BCUT2D eigenvalue weighted by atomic mass is 10.4. The molecule has 20 heavy (non-hydrogen) atoms. The van der Waals surface area contributed by atoms with E-state index in [2.05, 4.69) is 24.1 Å². The summed E-state index contributed by atoms with van der Waals surface area (Å²) in [5, 5.41) is 12.2. The maximum atomic E-state index is 12.3. The quantitative estimate of drug-likeness (QED) is 0.603. The Morgan fingerprint density at radius 3 is 2.60 bits per heavy atom. The van der Waals surface area contributed by atoms with Gasteiger partial charge in [-0.3, -0.25) is 4.90 Å². The number of sulfonamides is 1. The summed E-state index contributed by atoms with van der Waals surface area (Å²) in [6, 6.07) is 0.392. The predicted octanol–water partition coefficient (Wildman–Crippen LogP) is -0.296. The van der Waals surface area contributed by atoms with Crippen LogP contribution in [0.1, 0.15) is 26.7 Å². The zero-order valence-corrected chi connectivity index (χ0v) is 13.5. The fourth-order valence-electron chi connectivity index (χ4n) is 2.36. The lowest BCUT2D eigenvalue weighted by molar-refractivity contribution is 0.202. The largest absolute Gasteiger partial charge is 0.395 e. The van der Waals surface area contributed by atoms with Gasteiger partial charge in [0.15, 0.2) is 0 Å². The maximum Gasteiger partial charge on any atom is 0.214 e. The van der Waals surface area contributed by atoms with E-state index < -0.39 is 10.0 Å². The third-order valence-corrected chi connectivity index (χ3v) is 5.45. The van der Waals surface area contributed by atoms with Crippen molar-refractivity contribution >= 4 is 10.0 Å². The van der Waals surface area contributed by atoms with Crippen molar-refractivity contribution in [2.24, 2.45) is 0 Å². The molecule has 1 saturated heterocycles. The number of aliphatic hydroxyl groups excluding tert-OH is 1. The number of nitrogens with zero attached hydrogens (tertiary/aromatic N) is 2. The second kappa shape index (κ2) is 8.94. The third kappa shape index (κ3) is 6.49. The van der Waals surface area contributed by atoms with Crippen LogP contribution < -0.4 is 5.32 Å². The van der Waals surface area contributed by atoms with E-state index in [9.17, 15) is 8.42 Å². The first-order chi connectivity index (χ1) is 9.45. The first-order valence-electron chi connectivity index (χ1n) is 7.50. The van der Waals surface area contributed by atoms with Crippen LogP contribution in [0.2, 0.25) is 0 Å². The lowest BCUT2D eigenvalue weighted by Gasteiger charge is -2.21. The van der Waals surface area contributed by atoms with Crippen molar-refractivity contribution in [1.82, 2.24) is 14.5 Å². The highest BCUT2D eigenvalue weighted by molar-refractivity contribution is 7.89. The van der Waals surface area contributed by atoms with E-state index in [1.165, 1.54) is 0 Å². The summed E-state index contributed by atoms with van der Waals surface area (Å²) in [5.74, 6) is 0.215. The SMILES string of the molecule is CC(C)NCCCS(=O)(=O)N1CCCN(CCO)CC1. The number of nitrogens with one attached hydrogen (secondary N) is 1. The predicted molar refractivity (Wildman–Crippen MR) is 81.3 cm³/mol. The summed E-state index contributed by atoms with van der Waals surface area (Å²) in [5.41, 5.74) is 0. The zero-order chi connectivity index (χ0) is 15.0. The van der Waals surface area contributed by atoms with E-state index in [0.29, 0.717) is 38.6 Å². The van der Waals surface area contributed by atoms with Crippen LogP contribution in [-0.4, -0.2) is 80.4 Å². The minimum atomic E-state index is -3.14. The van der Waals surface area contributed by atoms with Gasteiger partial charge in [-0.25, -0.2) is 12.7 Å². The van der Waals surface area contributed by atoms with Crippen LogP contribution in [0.15, 0.2) is 0 Å². The molecule has 1 aliphatic heterocycles. The Labute approximate surface area is 123 Å². The van der Waals surface area contributed by atoms with Crippen LogP contribution in [0.25, 0.3) is 0 Å². The van der Waals surface area contributed by atoms with E-state index in [4.69, 9.17) is 5.11 Å². The van der Waals surface area contributed by atoms with E-state index >= 15 is 0 Å². The van der Waals surface area contributed by atoms with E-state index in [1.807, 2.05) is 0 Å². The summed E-state index contributed by atoms with van der Waals surface area (Å²) >= 11 is 0. The van der Waals surface area contributed by atoms with Crippen molar-refractivity contribution in [3.8, 4) is 0 Å². The summed E-state index contributed by atoms with van der Waals surface area (Å²) in [4.78, 5) is 2.12. The number of hydrogen-bond acceptors (Lipinski definition) is 5. The lowest BCUT2D eigenvalue weighted by Crippen LogP contribution is -2.37. The molecular formula is C13H29N3O3S. The molecule has 1 fully saturated rings. The van der Waals surface area contributed by atoms with Crippen LogP contribution >= 0.6 is 0 Å². The number of hydrogen-bond donors (Lipinski definition) is 2. The van der Waals surface area contributed by atoms with Gasteiger partial charge < -0.3 is 10.4 Å². The van der Waals surface area contributed by atoms with Gasteiger partial charge >= 0.3 is 0 Å². The van der Waals surface area contributed by atoms with Gasteiger partial charge in [0.1, 0.15) is 0 Å². The molecule has 0 amide bonds. The Morgan fingerprint density at radius 1 is 1.20 bits per heavy atom. The second-order valence-corrected chi connectivity index (χ2v) is 7.68. The van der Waals surface area contributed by atoms with Crippen molar-refractivity contribution < 1.29 is 13.5 Å². The molecule has 6 nitrogen and oxygen atoms in total. The van der Waals surface area contributed by atoms with Gasteiger partial charge in [-0.15, -0.1) is 0 Å². The molecule has 0 aliphatic carbocycles. The molecule has 0 unspecified atom stereocenters. The molecule has 0 aromatic carbocycles. The fraction of sp³-hybridized carbons (Fsp3) is 1.00. The first-order valence-corrected chi connectivity index (χ1v) is 9.11. The summed E-state index contributed by atoms with van der Waals surface area (Å²) in [7, 11) is -3.14. The Bertz CT molecular complexity index is 360. The molecule has 0 spiro atoms. The van der Waals surface area contributed by atoms with Gasteiger partial charge in [0.2, 0.25) is 10.0 Å². The highest BCUT2D eigenvalue weighted by Crippen LogP contribution is 2.09. The Morgan fingerprint density at radius 2 is 1.95 bits per heavy atom. The Kier molecular flexibility index (Phi) is 7.98. The van der Waals surface area contributed by atoms with Crippen molar-refractivity contribution in [2.45, 2.75) is 32.7 Å². The van der Waals surface area contributed by atoms with Crippen molar-refractivity contribution in [3.05, 3.63) is 0 Å². The zero-order valence-electron chi connectivity index (χ0n) is 12.7. The number of aliphatic hydroxyl groups is 1. The smallest absolute Gasteiger partial charge is 0.214 e. The van der Waals surface area contributed by atoms with Gasteiger partial charge in [-0.1, -0.05) is 13.8 Å². The fourth-order valence-corrected chi connectivity index (χ4v) is 3.90. The molecule has 0 radical (unpaired) electrons. The average Bonchev–Trinajstić information content (AvgIpc) is 2.61. The van der Waals surface area contributed by atoms with E-state index in [0.717, 1.165) is 19.5 Å². The average molecular weight is 307 g/mol.